The Hall–Kier alpha value is -3.32. The van der Waals surface area contributed by atoms with E-state index < -0.39 is 0 Å². The minimum absolute atomic E-state index is 0.219. The van der Waals surface area contributed by atoms with Crippen LogP contribution in [0, 0.1) is 30.1 Å². The van der Waals surface area contributed by atoms with Gasteiger partial charge in [-0.15, -0.1) is 0 Å². The summed E-state index contributed by atoms with van der Waals surface area (Å²) < 4.78 is 0. The van der Waals surface area contributed by atoms with Crippen molar-refractivity contribution in [3.8, 4) is 6.07 Å². The molecule has 4 nitrogen and oxygen atoms in total. The van der Waals surface area contributed by atoms with Gasteiger partial charge >= 0.3 is 0 Å². The van der Waals surface area contributed by atoms with Crippen LogP contribution < -0.4 is 10.2 Å². The van der Waals surface area contributed by atoms with Crippen molar-refractivity contribution in [2.45, 2.75) is 47.0 Å². The lowest BCUT2D eigenvalue weighted by atomic mass is 9.76. The van der Waals surface area contributed by atoms with Gasteiger partial charge in [0.15, 0.2) is 0 Å². The molecule has 1 fully saturated rings. The van der Waals surface area contributed by atoms with Crippen molar-refractivity contribution in [3.63, 3.8) is 0 Å². The van der Waals surface area contributed by atoms with Crippen molar-refractivity contribution in [2.75, 3.05) is 29.9 Å². The molecule has 0 atom stereocenters. The first-order chi connectivity index (χ1) is 16.2. The highest BCUT2D eigenvalue weighted by molar-refractivity contribution is 5.98. The molecule has 0 spiro atoms. The predicted molar refractivity (Wildman–Crippen MR) is 146 cm³/mol. The maximum atomic E-state index is 9.96. The smallest absolute Gasteiger partial charge is 0.101 e. The summed E-state index contributed by atoms with van der Waals surface area (Å²) in [5.74, 6) is 1.40. The molecule has 0 saturated carbocycles. The highest BCUT2D eigenvalue weighted by Gasteiger charge is 2.33. The summed E-state index contributed by atoms with van der Waals surface area (Å²) in [6, 6.07) is 15.4. The molecule has 1 aliphatic heterocycles. The van der Waals surface area contributed by atoms with Crippen LogP contribution >= 0.6 is 0 Å². The molecule has 4 heteroatoms. The number of benzene rings is 2. The fourth-order valence-electron chi connectivity index (χ4n) is 4.58. The van der Waals surface area contributed by atoms with Crippen molar-refractivity contribution in [2.24, 2.45) is 16.8 Å². The zero-order chi connectivity index (χ0) is 24.9. The second kappa shape index (κ2) is 10.7. The Bertz CT molecular complexity index is 1110. The summed E-state index contributed by atoms with van der Waals surface area (Å²) in [6.45, 7) is 19.5. The van der Waals surface area contributed by atoms with Gasteiger partial charge in [-0.05, 0) is 66.6 Å². The summed E-state index contributed by atoms with van der Waals surface area (Å²) in [4.78, 5) is 6.66. The zero-order valence-electron chi connectivity index (χ0n) is 21.5. The van der Waals surface area contributed by atoms with E-state index in [0.29, 0.717) is 18.4 Å². The van der Waals surface area contributed by atoms with Gasteiger partial charge in [-0.25, -0.2) is 0 Å². The number of allylic oxidation sites excluding steroid dienone is 1. The van der Waals surface area contributed by atoms with Crippen LogP contribution in [-0.2, 0) is 5.41 Å². The second-order valence-electron chi connectivity index (χ2n) is 10.1. The van der Waals surface area contributed by atoms with Gasteiger partial charge in [0, 0.05) is 30.4 Å². The Balaban J connectivity index is 1.80. The molecule has 1 heterocycles. The van der Waals surface area contributed by atoms with Crippen LogP contribution in [-0.4, -0.2) is 25.3 Å². The largest absolute Gasteiger partial charge is 0.379 e. The zero-order valence-corrected chi connectivity index (χ0v) is 21.5. The van der Waals surface area contributed by atoms with Crippen molar-refractivity contribution in [3.05, 3.63) is 83.6 Å². The van der Waals surface area contributed by atoms with Crippen molar-refractivity contribution in [1.29, 1.82) is 5.26 Å². The van der Waals surface area contributed by atoms with Crippen molar-refractivity contribution in [1.82, 2.24) is 0 Å². The molecular weight excluding hydrogens is 416 g/mol. The van der Waals surface area contributed by atoms with E-state index >= 15 is 0 Å². The van der Waals surface area contributed by atoms with E-state index in [9.17, 15) is 5.26 Å². The van der Waals surface area contributed by atoms with E-state index in [-0.39, 0.29) is 5.41 Å². The number of nitrogens with zero attached hydrogens (tertiary/aromatic N) is 3. The van der Waals surface area contributed by atoms with E-state index in [4.69, 9.17) is 0 Å². The third-order valence-electron chi connectivity index (χ3n) is 7.01. The molecule has 0 unspecified atom stereocenters. The molecule has 0 aromatic heterocycles. The van der Waals surface area contributed by atoms with Gasteiger partial charge in [-0.3, -0.25) is 4.99 Å². The third kappa shape index (κ3) is 5.42. The number of hydrogen-bond acceptors (Lipinski definition) is 4. The van der Waals surface area contributed by atoms with Gasteiger partial charge in [0.25, 0.3) is 0 Å². The molecule has 34 heavy (non-hydrogen) atoms. The normalized spacial score (nSPS) is 14.9. The molecule has 0 aliphatic carbocycles. The summed E-state index contributed by atoms with van der Waals surface area (Å²) in [6.07, 6.45) is 5.52. The van der Waals surface area contributed by atoms with Crippen LogP contribution in [0.15, 0.2) is 66.3 Å². The maximum absolute atomic E-state index is 9.96. The van der Waals surface area contributed by atoms with Gasteiger partial charge < -0.3 is 10.2 Å². The monoisotopic (exact) mass is 454 g/mol. The number of hydrogen-bond donors (Lipinski definition) is 1. The molecule has 2 aromatic rings. The highest BCUT2D eigenvalue weighted by Crippen LogP contribution is 2.39. The number of aliphatic imine (C=N–C) groups is 1. The standard InChI is InChI=1S/C30H38N4/c1-8-10-28(32-9-2)18-33-27-13-11-25(12-14-27)30(6,7)26-15-22(5)29(23(16-26)17-31)34-19-24(20-34)21(3)4/h8-16,21,24,33H,2,18-20H2,1,3-7H3/b10-8-,32-28?. The number of aryl methyl sites for hydroxylation is 1. The van der Waals surface area contributed by atoms with Crippen LogP contribution in [0.4, 0.5) is 11.4 Å². The average molecular weight is 455 g/mol. The Morgan fingerprint density at radius 2 is 1.91 bits per heavy atom. The molecule has 1 aliphatic rings. The molecule has 1 N–H and O–H groups in total. The molecule has 178 valence electrons. The third-order valence-corrected chi connectivity index (χ3v) is 7.01. The lowest BCUT2D eigenvalue weighted by Gasteiger charge is -2.44. The fraction of sp³-hybridized carbons (Fsp3) is 0.400. The Kier molecular flexibility index (Phi) is 7.99. The van der Waals surface area contributed by atoms with Gasteiger partial charge in [-0.2, -0.15) is 5.26 Å². The van der Waals surface area contributed by atoms with Crippen LogP contribution in [0.25, 0.3) is 0 Å². The Labute approximate surface area is 205 Å². The topological polar surface area (TPSA) is 51.4 Å². The summed E-state index contributed by atoms with van der Waals surface area (Å²) in [5, 5.41) is 13.4. The Morgan fingerprint density at radius 1 is 1.24 bits per heavy atom. The van der Waals surface area contributed by atoms with Crippen LogP contribution in [0.2, 0.25) is 0 Å². The van der Waals surface area contributed by atoms with Crippen LogP contribution in [0.3, 0.4) is 0 Å². The van der Waals surface area contributed by atoms with Gasteiger partial charge in [-0.1, -0.05) is 58.5 Å². The van der Waals surface area contributed by atoms with E-state index in [1.165, 1.54) is 16.7 Å². The molecule has 0 amide bonds. The quantitative estimate of drug-likeness (QED) is 0.421. The molecule has 2 aromatic carbocycles. The minimum atomic E-state index is -0.219. The molecule has 3 rings (SSSR count). The lowest BCUT2D eigenvalue weighted by Crippen LogP contribution is -2.49. The molecular formula is C30H38N4. The first-order valence-electron chi connectivity index (χ1n) is 12.2. The average Bonchev–Trinajstić information content (AvgIpc) is 2.77. The predicted octanol–water partition coefficient (Wildman–Crippen LogP) is 6.86. The van der Waals surface area contributed by atoms with E-state index in [0.717, 1.165) is 35.7 Å². The molecule has 1 saturated heterocycles. The SMILES string of the molecule is C=CN=C(/C=C\C)CNc1ccc(C(C)(C)c2cc(C)c(N3CC(C(C)C)C3)c(C#N)c2)cc1. The van der Waals surface area contributed by atoms with Crippen LogP contribution in [0.5, 0.6) is 0 Å². The van der Waals surface area contributed by atoms with Gasteiger partial charge in [0.05, 0.1) is 23.5 Å². The fourth-order valence-corrected chi connectivity index (χ4v) is 4.58. The molecule has 0 radical (unpaired) electrons. The first-order valence-corrected chi connectivity index (χ1v) is 12.2. The summed E-state index contributed by atoms with van der Waals surface area (Å²) in [7, 11) is 0. The van der Waals surface area contributed by atoms with Crippen LogP contribution in [0.1, 0.15) is 56.9 Å². The molecule has 0 bridgehead atoms. The number of nitrogens with one attached hydrogen (secondary N) is 1. The van der Waals surface area contributed by atoms with E-state index in [1.807, 2.05) is 19.1 Å². The summed E-state index contributed by atoms with van der Waals surface area (Å²) in [5.41, 5.74) is 7.21. The van der Waals surface area contributed by atoms with E-state index in [2.05, 4.69) is 98.9 Å². The van der Waals surface area contributed by atoms with Crippen molar-refractivity contribution < 1.29 is 0 Å². The van der Waals surface area contributed by atoms with E-state index in [1.54, 1.807) is 6.20 Å². The first kappa shape index (κ1) is 25.3. The number of anilines is 2. The number of rotatable bonds is 9. The van der Waals surface area contributed by atoms with Gasteiger partial charge in [0.1, 0.15) is 6.07 Å². The summed E-state index contributed by atoms with van der Waals surface area (Å²) >= 11 is 0. The second-order valence-corrected chi connectivity index (χ2v) is 10.1. The number of nitriles is 1. The highest BCUT2D eigenvalue weighted by atomic mass is 15.2. The minimum Gasteiger partial charge on any atom is -0.379 e. The maximum Gasteiger partial charge on any atom is 0.101 e. The van der Waals surface area contributed by atoms with Gasteiger partial charge in [0.2, 0.25) is 0 Å². The Morgan fingerprint density at radius 3 is 2.47 bits per heavy atom. The lowest BCUT2D eigenvalue weighted by molar-refractivity contribution is 0.309. The van der Waals surface area contributed by atoms with Crippen molar-refractivity contribution >= 4 is 17.1 Å².